The Morgan fingerprint density at radius 2 is 1.71 bits per heavy atom. The molecule has 0 amide bonds. The lowest BCUT2D eigenvalue weighted by molar-refractivity contribution is -0.203. The Kier molecular flexibility index (Phi) is 8.29. The van der Waals surface area contributed by atoms with Gasteiger partial charge in [-0.3, -0.25) is 0 Å². The van der Waals surface area contributed by atoms with Gasteiger partial charge in [-0.2, -0.15) is 0 Å². The summed E-state index contributed by atoms with van der Waals surface area (Å²) in [7, 11) is -2.30. The summed E-state index contributed by atoms with van der Waals surface area (Å²) in [6.07, 6.45) is 8.86. The lowest BCUT2D eigenvalue weighted by Gasteiger charge is -2.64. The van der Waals surface area contributed by atoms with E-state index in [1.165, 1.54) is 49.9 Å². The Hall–Kier alpha value is -1.07. The molecule has 7 heteroatoms. The van der Waals surface area contributed by atoms with E-state index in [9.17, 15) is 19.2 Å². The van der Waals surface area contributed by atoms with Crippen molar-refractivity contribution in [3.63, 3.8) is 0 Å². The Bertz CT molecular complexity index is 989. The maximum atomic E-state index is 13.1. The molecule has 4 saturated carbocycles. The lowest BCUT2D eigenvalue weighted by Crippen LogP contribution is -2.62. The summed E-state index contributed by atoms with van der Waals surface area (Å²) < 4.78 is 36.2. The highest BCUT2D eigenvalue weighted by atomic mass is 31.1. The third-order valence-corrected chi connectivity index (χ3v) is 12.7. The molecule has 4 aliphatic carbocycles. The zero-order valence-corrected chi connectivity index (χ0v) is 24.4. The molecule has 12 atom stereocenters. The predicted molar refractivity (Wildman–Crippen MR) is 146 cm³/mol. The van der Waals surface area contributed by atoms with Crippen molar-refractivity contribution < 1.29 is 28.2 Å². The Morgan fingerprint density at radius 3 is 2.42 bits per heavy atom. The second kappa shape index (κ2) is 11.1. The van der Waals surface area contributed by atoms with Crippen molar-refractivity contribution in [1.29, 1.82) is 0 Å². The minimum absolute atomic E-state index is 0.198. The number of aliphatic hydroxyl groups is 2. The smallest absolute Gasteiger partial charge is 0.393 e. The molecule has 1 aromatic carbocycles. The van der Waals surface area contributed by atoms with E-state index in [-0.39, 0.29) is 34.8 Å². The second-order valence-corrected chi connectivity index (χ2v) is 14.4. The van der Waals surface area contributed by atoms with Crippen LogP contribution in [0.5, 0.6) is 5.75 Å². The summed E-state index contributed by atoms with van der Waals surface area (Å²) in [5.41, 5.74) is 0.419. The number of aliphatic hydroxyl groups excluding tert-OH is 2. The van der Waals surface area contributed by atoms with Crippen molar-refractivity contribution in [2.24, 2.45) is 52.3 Å². The van der Waals surface area contributed by atoms with Gasteiger partial charge in [0.25, 0.3) is 0 Å². The van der Waals surface area contributed by atoms with Crippen LogP contribution in [0.25, 0.3) is 0 Å². The number of hydrogen-bond donors (Lipinski definition) is 2. The first kappa shape index (κ1) is 28.5. The van der Waals surface area contributed by atoms with Gasteiger partial charge in [0, 0.05) is 4.57 Å². The van der Waals surface area contributed by atoms with Gasteiger partial charge in [-0.05, 0) is 128 Å². The first-order valence-corrected chi connectivity index (χ1v) is 16.1. The first-order valence-electron chi connectivity index (χ1n) is 15.0. The van der Waals surface area contributed by atoms with E-state index in [0.29, 0.717) is 47.9 Å². The molecule has 0 radical (unpaired) electrons. The minimum Gasteiger partial charge on any atom is -0.393 e. The summed E-state index contributed by atoms with van der Waals surface area (Å²) in [5.74, 6) is 3.07. The third kappa shape index (κ3) is 4.97. The van der Waals surface area contributed by atoms with Crippen LogP contribution in [0.2, 0.25) is 0 Å². The molecule has 0 aliphatic heterocycles. The van der Waals surface area contributed by atoms with Gasteiger partial charge in [0.15, 0.2) is 5.75 Å². The molecular weight excluding hydrogens is 502 g/mol. The minimum atomic E-state index is -2.30. The van der Waals surface area contributed by atoms with Gasteiger partial charge in [0.1, 0.15) is 12.4 Å². The predicted octanol–water partition coefficient (Wildman–Crippen LogP) is 7.53. The summed E-state index contributed by atoms with van der Waals surface area (Å²) in [6.45, 7) is 9.85. The molecule has 0 heterocycles. The summed E-state index contributed by atoms with van der Waals surface area (Å²) in [4.78, 5) is 0. The first-order chi connectivity index (χ1) is 18.1. The van der Waals surface area contributed by atoms with E-state index >= 15 is 0 Å². The van der Waals surface area contributed by atoms with E-state index in [0.717, 1.165) is 32.1 Å². The number of halogens is 1. The highest BCUT2D eigenvalue weighted by Crippen LogP contribution is 2.69. The van der Waals surface area contributed by atoms with Crippen molar-refractivity contribution >= 4 is 8.25 Å². The quantitative estimate of drug-likeness (QED) is 0.328. The normalized spacial score (nSPS) is 43.5. The number of rotatable bonds is 8. The average Bonchev–Trinajstić information content (AvgIpc) is 3.24. The van der Waals surface area contributed by atoms with Gasteiger partial charge in [-0.15, -0.1) is 4.52 Å². The standard InChI is InChI=1S/C31H47FO5P/c1-5-23-27-18-21(33)12-15-31(27,4)26-13-16-30(3)24(10-11-25(30)28(26)29(23)34)19(2)14-17-36-38(35)37-22-8-6-20(32)7-9-22/h6-9,19,21,23-29,33-34H,5,10-18H2,1-4H3/q+1/t19-,21-,23-,24?,25?,26?,27?,28?,29-,30-,31-/m1/s1. The van der Waals surface area contributed by atoms with Gasteiger partial charge in [0.2, 0.25) is 0 Å². The van der Waals surface area contributed by atoms with E-state index in [2.05, 4.69) is 27.7 Å². The van der Waals surface area contributed by atoms with E-state index in [1.807, 2.05) is 0 Å². The van der Waals surface area contributed by atoms with Crippen molar-refractivity contribution in [1.82, 2.24) is 0 Å². The molecule has 5 rings (SSSR count). The van der Waals surface area contributed by atoms with Crippen molar-refractivity contribution in [2.45, 2.75) is 97.7 Å². The molecule has 0 spiro atoms. The van der Waals surface area contributed by atoms with Crippen LogP contribution < -0.4 is 4.52 Å². The molecule has 4 aliphatic rings. The zero-order valence-electron chi connectivity index (χ0n) is 23.5. The molecule has 6 unspecified atom stereocenters. The van der Waals surface area contributed by atoms with Crippen molar-refractivity contribution in [3.05, 3.63) is 30.1 Å². The molecule has 0 bridgehead atoms. The van der Waals surface area contributed by atoms with Crippen LogP contribution in [-0.2, 0) is 9.09 Å². The summed E-state index contributed by atoms with van der Waals surface area (Å²) in [5, 5.41) is 22.4. The van der Waals surface area contributed by atoms with E-state index in [1.54, 1.807) is 0 Å². The van der Waals surface area contributed by atoms with Gasteiger partial charge in [-0.1, -0.05) is 34.1 Å². The van der Waals surface area contributed by atoms with Gasteiger partial charge >= 0.3 is 8.25 Å². The zero-order chi connectivity index (χ0) is 27.2. The Balaban J connectivity index is 1.23. The fourth-order valence-electron chi connectivity index (χ4n) is 10.1. The summed E-state index contributed by atoms with van der Waals surface area (Å²) >= 11 is 0. The Morgan fingerprint density at radius 1 is 1.03 bits per heavy atom. The highest BCUT2D eigenvalue weighted by Gasteiger charge is 2.64. The molecule has 38 heavy (non-hydrogen) atoms. The van der Waals surface area contributed by atoms with Crippen molar-refractivity contribution in [2.75, 3.05) is 6.61 Å². The van der Waals surface area contributed by atoms with Crippen LogP contribution in [0, 0.1) is 58.1 Å². The molecule has 0 aromatic heterocycles. The molecule has 0 saturated heterocycles. The molecule has 212 valence electrons. The topological polar surface area (TPSA) is 76.0 Å². The fourth-order valence-corrected chi connectivity index (χ4v) is 10.7. The molecule has 5 nitrogen and oxygen atoms in total. The number of hydrogen-bond acceptors (Lipinski definition) is 5. The fraction of sp³-hybridized carbons (Fsp3) is 0.806. The lowest BCUT2D eigenvalue weighted by atomic mass is 9.41. The van der Waals surface area contributed by atoms with E-state index in [4.69, 9.17) is 9.05 Å². The highest BCUT2D eigenvalue weighted by molar-refractivity contribution is 7.33. The maximum Gasteiger partial charge on any atom is 0.750 e. The van der Waals surface area contributed by atoms with E-state index < -0.39 is 8.25 Å². The SMILES string of the molecule is CC[C@@H]1C2C[C@H](O)CC[C@]2(C)C2CC[C@@]3(C)C(CCC3[C@H](C)CCO[P+](=O)Oc3ccc(F)cc3)C2[C@@H]1O. The maximum absolute atomic E-state index is 13.1. The largest absolute Gasteiger partial charge is 0.750 e. The van der Waals surface area contributed by atoms with Gasteiger partial charge in [0.05, 0.1) is 12.2 Å². The van der Waals surface area contributed by atoms with Gasteiger partial charge in [-0.25, -0.2) is 8.91 Å². The second-order valence-electron chi connectivity index (χ2n) is 13.5. The molecule has 4 fully saturated rings. The summed E-state index contributed by atoms with van der Waals surface area (Å²) in [6, 6.07) is 5.45. The van der Waals surface area contributed by atoms with Crippen LogP contribution in [0.3, 0.4) is 0 Å². The average molecular weight is 550 g/mol. The van der Waals surface area contributed by atoms with Crippen LogP contribution in [-0.4, -0.2) is 29.0 Å². The molecule has 2 N–H and O–H groups in total. The third-order valence-electron chi connectivity index (χ3n) is 11.9. The molecule has 1 aromatic rings. The monoisotopic (exact) mass is 549 g/mol. The van der Waals surface area contributed by atoms with Crippen LogP contribution in [0.4, 0.5) is 4.39 Å². The number of fused-ring (bicyclic) bond motifs is 5. The molecular formula is C31H47FO5P+. The van der Waals surface area contributed by atoms with Gasteiger partial charge < -0.3 is 10.2 Å². The van der Waals surface area contributed by atoms with Crippen LogP contribution in [0.1, 0.15) is 85.5 Å². The Labute approximate surface area is 228 Å². The van der Waals surface area contributed by atoms with Crippen LogP contribution >= 0.6 is 8.25 Å². The number of benzene rings is 1. The van der Waals surface area contributed by atoms with Crippen molar-refractivity contribution in [3.8, 4) is 5.75 Å². The van der Waals surface area contributed by atoms with Crippen LogP contribution in [0.15, 0.2) is 24.3 Å².